The fourth-order valence-electron chi connectivity index (χ4n) is 5.05. The van der Waals surface area contributed by atoms with Crippen molar-refractivity contribution in [2.24, 2.45) is 0 Å². The maximum Gasteiger partial charge on any atom is 0.412 e. The Bertz CT molecular complexity index is 1420. The van der Waals surface area contributed by atoms with E-state index >= 15 is 0 Å². The van der Waals surface area contributed by atoms with E-state index in [1.807, 2.05) is 30.3 Å². The molecule has 13 heteroatoms. The molecule has 2 aromatic rings. The lowest BCUT2D eigenvalue weighted by atomic mass is 10.0. The maximum absolute atomic E-state index is 14.2. The van der Waals surface area contributed by atoms with Crippen LogP contribution in [0.3, 0.4) is 0 Å². The minimum Gasteiger partial charge on any atom is -0.497 e. The zero-order chi connectivity index (χ0) is 34.5. The summed E-state index contributed by atoms with van der Waals surface area (Å²) in [5, 5.41) is 14.4. The van der Waals surface area contributed by atoms with Crippen LogP contribution in [0.1, 0.15) is 61.0 Å². The molecule has 0 aromatic heterocycles. The molecule has 3 atom stereocenters. The number of nitrogens with zero attached hydrogens (tertiary/aromatic N) is 2. The van der Waals surface area contributed by atoms with Gasteiger partial charge >= 0.3 is 12.2 Å². The van der Waals surface area contributed by atoms with Gasteiger partial charge in [0.15, 0.2) is 0 Å². The van der Waals surface area contributed by atoms with Crippen molar-refractivity contribution >= 4 is 22.2 Å². The van der Waals surface area contributed by atoms with Gasteiger partial charge in [-0.2, -0.15) is 4.31 Å². The topological polar surface area (TPSA) is 144 Å². The van der Waals surface area contributed by atoms with Crippen molar-refractivity contribution in [2.75, 3.05) is 26.8 Å². The highest BCUT2D eigenvalue weighted by atomic mass is 32.2. The molecule has 0 unspecified atom stereocenters. The monoisotopic (exact) mass is 663 g/mol. The summed E-state index contributed by atoms with van der Waals surface area (Å²) in [4.78, 5) is 27.6. The highest BCUT2D eigenvalue weighted by molar-refractivity contribution is 7.89. The van der Waals surface area contributed by atoms with Crippen molar-refractivity contribution in [3.05, 3.63) is 60.2 Å². The first-order chi connectivity index (χ1) is 21.2. The van der Waals surface area contributed by atoms with E-state index in [0.29, 0.717) is 5.75 Å². The number of sulfonamides is 1. The molecule has 0 spiro atoms. The number of alkyl carbamates (subject to hydrolysis) is 1. The van der Waals surface area contributed by atoms with Gasteiger partial charge < -0.3 is 29.4 Å². The molecule has 1 aliphatic heterocycles. The van der Waals surface area contributed by atoms with Crippen LogP contribution in [0.15, 0.2) is 59.5 Å². The van der Waals surface area contributed by atoms with Crippen molar-refractivity contribution in [2.45, 2.75) is 102 Å². The number of aliphatic hydroxyl groups excluding tert-OH is 1. The average molecular weight is 664 g/mol. The second-order valence-corrected chi connectivity index (χ2v) is 15.7. The van der Waals surface area contributed by atoms with Crippen molar-refractivity contribution in [3.63, 3.8) is 0 Å². The maximum atomic E-state index is 14.2. The third-order valence-corrected chi connectivity index (χ3v) is 8.98. The summed E-state index contributed by atoms with van der Waals surface area (Å²) in [7, 11) is -2.78. The normalized spacial score (nSPS) is 18.2. The van der Waals surface area contributed by atoms with Crippen LogP contribution in [-0.2, 0) is 30.7 Å². The number of methoxy groups -OCH3 is 1. The highest BCUT2D eigenvalue weighted by Crippen LogP contribution is 2.31. The molecule has 2 N–H and O–H groups in total. The van der Waals surface area contributed by atoms with Gasteiger partial charge in [0.25, 0.3) is 0 Å². The SMILES string of the molecule is COc1ccc(S(=O)(=O)N(C[C@H]2COC(C)(C)N2C(=O)OC(C)(C)C)C[C@@H](O)[C@H](Cc2ccccc2)NC(=O)OC(C)(C)C)cc1. The van der Waals surface area contributed by atoms with E-state index < -0.39 is 63.9 Å². The predicted octanol–water partition coefficient (Wildman–Crippen LogP) is 4.55. The first-order valence-corrected chi connectivity index (χ1v) is 16.7. The number of rotatable bonds is 11. The van der Waals surface area contributed by atoms with Gasteiger partial charge in [0.05, 0.1) is 36.8 Å². The van der Waals surface area contributed by atoms with Crippen LogP contribution < -0.4 is 10.1 Å². The van der Waals surface area contributed by atoms with E-state index in [1.54, 1.807) is 55.4 Å². The number of carbonyl (C=O) groups is 2. The second kappa shape index (κ2) is 14.6. The van der Waals surface area contributed by atoms with Crippen LogP contribution >= 0.6 is 0 Å². The number of aliphatic hydroxyl groups is 1. The number of benzene rings is 2. The molecule has 1 heterocycles. The smallest absolute Gasteiger partial charge is 0.412 e. The number of amides is 2. The number of nitrogens with one attached hydrogen (secondary N) is 1. The molecular weight excluding hydrogens is 614 g/mol. The van der Waals surface area contributed by atoms with Crippen LogP contribution in [0, 0.1) is 0 Å². The first-order valence-electron chi connectivity index (χ1n) is 15.2. The van der Waals surface area contributed by atoms with E-state index in [2.05, 4.69) is 5.32 Å². The molecular formula is C33H49N3O9S. The Labute approximate surface area is 273 Å². The van der Waals surface area contributed by atoms with Crippen molar-refractivity contribution in [1.29, 1.82) is 0 Å². The molecule has 1 aliphatic rings. The van der Waals surface area contributed by atoms with Gasteiger partial charge in [0, 0.05) is 13.1 Å². The number of hydrogen-bond donors (Lipinski definition) is 2. The zero-order valence-electron chi connectivity index (χ0n) is 28.3. The third-order valence-electron chi connectivity index (χ3n) is 7.13. The van der Waals surface area contributed by atoms with Gasteiger partial charge in [-0.05, 0) is 91.6 Å². The summed E-state index contributed by atoms with van der Waals surface area (Å²) in [5.74, 6) is 0.470. The Kier molecular flexibility index (Phi) is 11.7. The zero-order valence-corrected chi connectivity index (χ0v) is 29.1. The van der Waals surface area contributed by atoms with E-state index in [9.17, 15) is 23.1 Å². The van der Waals surface area contributed by atoms with E-state index in [1.165, 1.54) is 36.3 Å². The summed E-state index contributed by atoms with van der Waals surface area (Å²) >= 11 is 0. The lowest BCUT2D eigenvalue weighted by Gasteiger charge is -2.37. The Morgan fingerprint density at radius 2 is 1.61 bits per heavy atom. The van der Waals surface area contributed by atoms with Gasteiger partial charge in [-0.1, -0.05) is 30.3 Å². The van der Waals surface area contributed by atoms with E-state index in [0.717, 1.165) is 9.87 Å². The molecule has 2 amide bonds. The quantitative estimate of drug-likeness (QED) is 0.354. The number of carbonyl (C=O) groups excluding carboxylic acids is 2. The Hall–Kier alpha value is -3.39. The minimum absolute atomic E-state index is 0.0283. The molecule has 12 nitrogen and oxygen atoms in total. The standard InChI is InChI=1S/C33H49N3O9S/c1-31(2,3)44-29(38)34-27(19-23-13-11-10-12-14-23)28(37)21-35(46(40,41)26-17-15-25(42-9)16-18-26)20-24-22-43-33(7,8)36(24)30(39)45-32(4,5)6/h10-18,24,27-28,37H,19-22H2,1-9H3,(H,34,38)/t24-,27-,28+/m0/s1. The summed E-state index contributed by atoms with van der Waals surface area (Å²) < 4.78 is 51.7. The van der Waals surface area contributed by atoms with Crippen LogP contribution in [0.2, 0.25) is 0 Å². The summed E-state index contributed by atoms with van der Waals surface area (Å²) in [6.07, 6.45) is -2.59. The Morgan fingerprint density at radius 1 is 1.02 bits per heavy atom. The second-order valence-electron chi connectivity index (χ2n) is 13.8. The fourth-order valence-corrected chi connectivity index (χ4v) is 6.54. The van der Waals surface area contributed by atoms with Crippen molar-refractivity contribution in [1.82, 2.24) is 14.5 Å². The predicted molar refractivity (Wildman–Crippen MR) is 173 cm³/mol. The molecule has 0 saturated carbocycles. The summed E-state index contributed by atoms with van der Waals surface area (Å²) in [6, 6.07) is 13.4. The van der Waals surface area contributed by atoms with Gasteiger partial charge in [0.1, 0.15) is 22.7 Å². The molecule has 256 valence electrons. The van der Waals surface area contributed by atoms with Crippen molar-refractivity contribution < 1.29 is 42.1 Å². The molecule has 46 heavy (non-hydrogen) atoms. The summed E-state index contributed by atoms with van der Waals surface area (Å²) in [6.45, 7) is 13.2. The molecule has 3 rings (SSSR count). The average Bonchev–Trinajstić information content (AvgIpc) is 3.24. The largest absolute Gasteiger partial charge is 0.497 e. The lowest BCUT2D eigenvalue weighted by Crippen LogP contribution is -2.56. The molecule has 1 fully saturated rings. The van der Waals surface area contributed by atoms with Crippen LogP contribution in [0.4, 0.5) is 9.59 Å². The minimum atomic E-state index is -4.25. The van der Waals surface area contributed by atoms with Gasteiger partial charge in [0.2, 0.25) is 10.0 Å². The lowest BCUT2D eigenvalue weighted by molar-refractivity contribution is -0.0630. The van der Waals surface area contributed by atoms with E-state index in [-0.39, 0.29) is 24.5 Å². The Balaban J connectivity index is 2.00. The van der Waals surface area contributed by atoms with Crippen molar-refractivity contribution in [3.8, 4) is 5.75 Å². The molecule has 2 aromatic carbocycles. The third kappa shape index (κ3) is 10.3. The van der Waals surface area contributed by atoms with E-state index in [4.69, 9.17) is 18.9 Å². The molecule has 0 radical (unpaired) electrons. The molecule has 0 aliphatic carbocycles. The Morgan fingerprint density at radius 3 is 2.15 bits per heavy atom. The van der Waals surface area contributed by atoms with Crippen LogP contribution in [0.5, 0.6) is 5.75 Å². The first kappa shape index (κ1) is 37.1. The summed E-state index contributed by atoms with van der Waals surface area (Å²) in [5.41, 5.74) is -1.87. The highest BCUT2D eigenvalue weighted by Gasteiger charge is 2.47. The van der Waals surface area contributed by atoms with Gasteiger partial charge in [-0.15, -0.1) is 0 Å². The number of hydrogen-bond acceptors (Lipinski definition) is 9. The molecule has 1 saturated heterocycles. The fraction of sp³-hybridized carbons (Fsp3) is 0.576. The van der Waals surface area contributed by atoms with Gasteiger partial charge in [-0.25, -0.2) is 18.0 Å². The van der Waals surface area contributed by atoms with Crippen LogP contribution in [-0.4, -0.2) is 96.8 Å². The molecule has 0 bridgehead atoms. The number of ether oxygens (including phenoxy) is 4. The van der Waals surface area contributed by atoms with Crippen LogP contribution in [0.25, 0.3) is 0 Å². The van der Waals surface area contributed by atoms with Gasteiger partial charge in [-0.3, -0.25) is 4.90 Å².